The summed E-state index contributed by atoms with van der Waals surface area (Å²) in [5.41, 5.74) is 5.29. The van der Waals surface area contributed by atoms with Crippen molar-refractivity contribution in [2.24, 2.45) is 0 Å². The molecule has 1 aliphatic rings. The number of rotatable bonds is 4. The number of benzene rings is 2. The van der Waals surface area contributed by atoms with Crippen molar-refractivity contribution in [3.05, 3.63) is 87.8 Å². The average Bonchev–Trinajstić information content (AvgIpc) is 3.15. The molecule has 2 heterocycles. The predicted octanol–water partition coefficient (Wildman–Crippen LogP) is 4.92. The van der Waals surface area contributed by atoms with Crippen molar-refractivity contribution >= 4 is 18.4 Å². The fraction of sp³-hybridized carbons (Fsp3) is 0.280. The smallest absolute Gasteiger partial charge is 0.259 e. The van der Waals surface area contributed by atoms with E-state index in [4.69, 9.17) is 12.6 Å². The molecule has 4 nitrogen and oxygen atoms in total. The first kappa shape index (κ1) is 19.2. The first-order chi connectivity index (χ1) is 14.5. The summed E-state index contributed by atoms with van der Waals surface area (Å²) >= 11 is 4.72. The fourth-order valence-electron chi connectivity index (χ4n) is 4.78. The van der Waals surface area contributed by atoms with Gasteiger partial charge in [0.1, 0.15) is 0 Å². The molecule has 2 aromatic heterocycles. The highest BCUT2D eigenvalue weighted by Gasteiger charge is 2.38. The molecule has 0 aliphatic heterocycles. The highest BCUT2D eigenvalue weighted by atomic mass is 32.1. The Bertz CT molecular complexity index is 1310. The molecule has 5 rings (SSSR count). The largest absolute Gasteiger partial charge is 0.278 e. The molecule has 0 radical (unpaired) electrons. The van der Waals surface area contributed by atoms with Gasteiger partial charge in [-0.3, -0.25) is 13.8 Å². The summed E-state index contributed by atoms with van der Waals surface area (Å²) in [6.07, 6.45) is 4.29. The Morgan fingerprint density at radius 1 is 1.10 bits per heavy atom. The Labute approximate surface area is 181 Å². The van der Waals surface area contributed by atoms with E-state index >= 15 is 0 Å². The van der Waals surface area contributed by atoms with E-state index < -0.39 is 0 Å². The molecule has 0 saturated heterocycles. The van der Waals surface area contributed by atoms with E-state index in [9.17, 15) is 4.79 Å². The zero-order chi connectivity index (χ0) is 20.9. The lowest BCUT2D eigenvalue weighted by Gasteiger charge is -2.36. The van der Waals surface area contributed by atoms with E-state index in [0.29, 0.717) is 12.3 Å². The van der Waals surface area contributed by atoms with Gasteiger partial charge < -0.3 is 0 Å². The molecule has 30 heavy (non-hydrogen) atoms. The van der Waals surface area contributed by atoms with Gasteiger partial charge in [-0.05, 0) is 30.4 Å². The lowest BCUT2D eigenvalue weighted by molar-refractivity contribution is 0.433. The summed E-state index contributed by atoms with van der Waals surface area (Å²) in [6.45, 7) is 4.97. The van der Waals surface area contributed by atoms with E-state index in [2.05, 4.69) is 53.6 Å². The number of hydrogen-bond donors (Lipinski definition) is 1. The molecular weight excluding hydrogens is 390 g/mol. The lowest BCUT2D eigenvalue weighted by Crippen LogP contribution is -2.40. The van der Waals surface area contributed by atoms with E-state index in [1.807, 2.05) is 28.8 Å². The molecule has 0 unspecified atom stereocenters. The van der Waals surface area contributed by atoms with Crippen molar-refractivity contribution in [1.29, 1.82) is 0 Å². The Hall–Kier alpha value is -2.79. The minimum Gasteiger partial charge on any atom is -0.278 e. The van der Waals surface area contributed by atoms with Gasteiger partial charge in [-0.1, -0.05) is 68.4 Å². The lowest BCUT2D eigenvalue weighted by atomic mass is 9.69. The maximum Gasteiger partial charge on any atom is 0.259 e. The number of aromatic nitrogens is 3. The zero-order valence-corrected chi connectivity index (χ0v) is 18.2. The third kappa shape index (κ3) is 2.83. The fourth-order valence-corrected chi connectivity index (χ4v) is 5.03. The number of hydrogen-bond acceptors (Lipinski definition) is 3. The summed E-state index contributed by atoms with van der Waals surface area (Å²) in [5.74, 6) is 0.662. The quantitative estimate of drug-likeness (QED) is 0.481. The van der Waals surface area contributed by atoms with Gasteiger partial charge in [-0.2, -0.15) is 0 Å². The summed E-state index contributed by atoms with van der Waals surface area (Å²) in [7, 11) is 0. The number of aryl methyl sites for hydroxylation is 2. The standard InChI is InChI=1S/C25H25N3OS/c1-3-25(2)15-18-11-7-8-12-19(18)22-21(25)23(29)27(24-26-16-20(30)28(22)24)14-13-17-9-5-4-6-10-17/h4-12,16,30H,3,13-15H2,1-2H3/t25-/m0/s1. The van der Waals surface area contributed by atoms with Crippen molar-refractivity contribution in [3.8, 4) is 11.3 Å². The molecule has 0 saturated carbocycles. The van der Waals surface area contributed by atoms with Crippen LogP contribution in [-0.4, -0.2) is 14.0 Å². The van der Waals surface area contributed by atoms with Gasteiger partial charge in [0.15, 0.2) is 0 Å². The molecule has 1 aliphatic carbocycles. The van der Waals surface area contributed by atoms with Crippen LogP contribution in [-0.2, 0) is 24.8 Å². The van der Waals surface area contributed by atoms with Gasteiger partial charge >= 0.3 is 0 Å². The van der Waals surface area contributed by atoms with Crippen molar-refractivity contribution in [2.75, 3.05) is 0 Å². The summed E-state index contributed by atoms with van der Waals surface area (Å²) in [5, 5.41) is 0.755. The maximum atomic E-state index is 13.9. The number of thiol groups is 1. The van der Waals surface area contributed by atoms with Crippen LogP contribution >= 0.6 is 12.6 Å². The highest BCUT2D eigenvalue weighted by Crippen LogP contribution is 2.43. The molecule has 0 N–H and O–H groups in total. The number of imidazole rings is 1. The van der Waals surface area contributed by atoms with Crippen LogP contribution in [0, 0.1) is 0 Å². The Morgan fingerprint density at radius 2 is 1.83 bits per heavy atom. The van der Waals surface area contributed by atoms with Crippen LogP contribution in [0.2, 0.25) is 0 Å². The molecule has 1 atom stereocenters. The molecule has 0 fully saturated rings. The maximum absolute atomic E-state index is 13.9. The second kappa shape index (κ2) is 7.17. The minimum absolute atomic E-state index is 0.0752. The van der Waals surface area contributed by atoms with Gasteiger partial charge in [0.05, 0.1) is 16.9 Å². The molecular formula is C25H25N3OS. The second-order valence-electron chi connectivity index (χ2n) is 8.42. The second-order valence-corrected chi connectivity index (χ2v) is 8.87. The van der Waals surface area contributed by atoms with E-state index in [1.165, 1.54) is 11.1 Å². The van der Waals surface area contributed by atoms with E-state index in [0.717, 1.165) is 41.1 Å². The topological polar surface area (TPSA) is 39.3 Å². The van der Waals surface area contributed by atoms with Gasteiger partial charge in [0, 0.05) is 23.1 Å². The van der Waals surface area contributed by atoms with Crippen LogP contribution in [0.5, 0.6) is 0 Å². The third-order valence-corrected chi connectivity index (χ3v) is 6.90. The molecule has 0 spiro atoms. The van der Waals surface area contributed by atoms with Gasteiger partial charge in [0.2, 0.25) is 5.78 Å². The van der Waals surface area contributed by atoms with Gasteiger partial charge in [-0.15, -0.1) is 12.6 Å². The zero-order valence-electron chi connectivity index (χ0n) is 17.3. The first-order valence-corrected chi connectivity index (χ1v) is 10.9. The molecule has 0 amide bonds. The van der Waals surface area contributed by atoms with Crippen molar-refractivity contribution in [2.45, 2.75) is 50.1 Å². The van der Waals surface area contributed by atoms with Crippen LogP contribution in [0.3, 0.4) is 0 Å². The van der Waals surface area contributed by atoms with Crippen LogP contribution < -0.4 is 5.56 Å². The Morgan fingerprint density at radius 3 is 2.60 bits per heavy atom. The van der Waals surface area contributed by atoms with Crippen molar-refractivity contribution in [3.63, 3.8) is 0 Å². The summed E-state index contributed by atoms with van der Waals surface area (Å²) < 4.78 is 3.91. The van der Waals surface area contributed by atoms with Crippen molar-refractivity contribution in [1.82, 2.24) is 14.0 Å². The van der Waals surface area contributed by atoms with Crippen LogP contribution in [0.25, 0.3) is 17.0 Å². The summed E-state index contributed by atoms with van der Waals surface area (Å²) in [6, 6.07) is 18.7. The molecule has 152 valence electrons. The van der Waals surface area contributed by atoms with Crippen LogP contribution in [0.1, 0.15) is 37.0 Å². The van der Waals surface area contributed by atoms with Gasteiger partial charge in [-0.25, -0.2) is 4.98 Å². The summed E-state index contributed by atoms with van der Waals surface area (Å²) in [4.78, 5) is 18.5. The molecule has 4 aromatic rings. The monoisotopic (exact) mass is 415 g/mol. The minimum atomic E-state index is -0.228. The predicted molar refractivity (Wildman–Crippen MR) is 124 cm³/mol. The normalized spacial score (nSPS) is 17.7. The van der Waals surface area contributed by atoms with Crippen molar-refractivity contribution < 1.29 is 0 Å². The molecule has 2 aromatic carbocycles. The third-order valence-electron chi connectivity index (χ3n) is 6.59. The van der Waals surface area contributed by atoms with Gasteiger partial charge in [0.25, 0.3) is 5.56 Å². The van der Waals surface area contributed by atoms with E-state index in [-0.39, 0.29) is 11.0 Å². The van der Waals surface area contributed by atoms with Crippen LogP contribution in [0.15, 0.2) is 70.6 Å². The molecule has 5 heteroatoms. The molecule has 0 bridgehead atoms. The SMILES string of the molecule is CC[C@@]1(C)Cc2ccccc2-c2c1c(=O)n(CCc1ccccc1)c1ncc(S)n21. The Balaban J connectivity index is 1.80. The number of fused-ring (bicyclic) bond motifs is 5. The average molecular weight is 416 g/mol. The van der Waals surface area contributed by atoms with E-state index in [1.54, 1.807) is 6.20 Å². The van der Waals surface area contributed by atoms with Crippen LogP contribution in [0.4, 0.5) is 0 Å². The first-order valence-electron chi connectivity index (χ1n) is 10.5. The highest BCUT2D eigenvalue weighted by molar-refractivity contribution is 7.80. The Kier molecular flexibility index (Phi) is 4.58. The number of nitrogens with zero attached hydrogens (tertiary/aromatic N) is 3.